The number of carbonyl (C=O) groups excluding carboxylic acids is 2. The van der Waals surface area contributed by atoms with E-state index in [-0.39, 0.29) is 11.8 Å². The van der Waals surface area contributed by atoms with Crippen molar-refractivity contribution in [1.82, 2.24) is 4.90 Å². The first-order valence-electron chi connectivity index (χ1n) is 11.7. The maximum Gasteiger partial charge on any atom is 0.259 e. The molecule has 0 atom stereocenters. The Kier molecular flexibility index (Phi) is 7.55. The predicted octanol–water partition coefficient (Wildman–Crippen LogP) is 4.16. The number of hydrogen-bond acceptors (Lipinski definition) is 5. The summed E-state index contributed by atoms with van der Waals surface area (Å²) in [7, 11) is 3.09. The molecule has 35 heavy (non-hydrogen) atoms. The van der Waals surface area contributed by atoms with Crippen molar-refractivity contribution in [1.29, 1.82) is 0 Å². The third kappa shape index (κ3) is 5.74. The normalized spacial score (nSPS) is 13.3. The molecule has 0 spiro atoms. The van der Waals surface area contributed by atoms with Crippen molar-refractivity contribution in [2.45, 2.75) is 13.3 Å². The minimum Gasteiger partial charge on any atom is -0.497 e. The second-order valence-corrected chi connectivity index (χ2v) is 8.54. The lowest BCUT2D eigenvalue weighted by molar-refractivity contribution is -0.130. The highest BCUT2D eigenvalue weighted by atomic mass is 16.5. The zero-order valence-corrected chi connectivity index (χ0v) is 20.4. The number of amides is 2. The molecule has 0 radical (unpaired) electrons. The van der Waals surface area contributed by atoms with Gasteiger partial charge in [-0.1, -0.05) is 24.3 Å². The molecule has 182 valence electrons. The van der Waals surface area contributed by atoms with E-state index < -0.39 is 0 Å². The van der Waals surface area contributed by atoms with Crippen molar-refractivity contribution in [3.05, 3.63) is 83.4 Å². The van der Waals surface area contributed by atoms with Crippen LogP contribution in [0.15, 0.2) is 66.7 Å². The molecule has 3 aromatic carbocycles. The first-order valence-corrected chi connectivity index (χ1v) is 11.7. The Hall–Kier alpha value is -4.00. The third-order valence-electron chi connectivity index (χ3n) is 6.38. The number of nitrogens with one attached hydrogen (secondary N) is 1. The number of aryl methyl sites for hydroxylation is 1. The maximum absolute atomic E-state index is 12.8. The van der Waals surface area contributed by atoms with Gasteiger partial charge in [-0.2, -0.15) is 0 Å². The molecule has 3 aromatic rings. The van der Waals surface area contributed by atoms with Crippen LogP contribution in [0, 0.1) is 6.92 Å². The molecule has 0 saturated carbocycles. The SMILES string of the molecule is COc1ccc(C(=O)Nc2ccc(N3CCN(C(=O)Cc4ccccc4C)CC3)cc2)c(OC)c1. The van der Waals surface area contributed by atoms with Crippen LogP contribution in [0.1, 0.15) is 21.5 Å². The van der Waals surface area contributed by atoms with Crippen LogP contribution < -0.4 is 19.7 Å². The number of ether oxygens (including phenoxy) is 2. The Morgan fingerprint density at radius 2 is 1.60 bits per heavy atom. The Bertz CT molecular complexity index is 1190. The highest BCUT2D eigenvalue weighted by Gasteiger charge is 2.22. The molecule has 4 rings (SSSR count). The fourth-order valence-electron chi connectivity index (χ4n) is 4.24. The molecule has 1 fully saturated rings. The number of carbonyl (C=O) groups is 2. The van der Waals surface area contributed by atoms with Gasteiger partial charge in [0, 0.05) is 43.6 Å². The van der Waals surface area contributed by atoms with Crippen LogP contribution >= 0.6 is 0 Å². The summed E-state index contributed by atoms with van der Waals surface area (Å²) in [5, 5.41) is 2.92. The molecule has 1 aliphatic heterocycles. The van der Waals surface area contributed by atoms with Gasteiger partial charge in [0.05, 0.1) is 26.2 Å². The van der Waals surface area contributed by atoms with Gasteiger partial charge in [-0.05, 0) is 54.4 Å². The van der Waals surface area contributed by atoms with Gasteiger partial charge in [0.25, 0.3) is 5.91 Å². The van der Waals surface area contributed by atoms with Gasteiger partial charge in [0.2, 0.25) is 5.91 Å². The van der Waals surface area contributed by atoms with E-state index in [1.54, 1.807) is 25.3 Å². The van der Waals surface area contributed by atoms with Crippen molar-refractivity contribution in [3.63, 3.8) is 0 Å². The molecule has 0 aliphatic carbocycles. The van der Waals surface area contributed by atoms with E-state index >= 15 is 0 Å². The van der Waals surface area contributed by atoms with Crippen LogP contribution in [-0.4, -0.2) is 57.1 Å². The van der Waals surface area contributed by atoms with Gasteiger partial charge < -0.3 is 24.6 Å². The number of methoxy groups -OCH3 is 2. The molecule has 1 aliphatic rings. The molecule has 1 saturated heterocycles. The highest BCUT2D eigenvalue weighted by Crippen LogP contribution is 2.26. The van der Waals surface area contributed by atoms with E-state index in [0.717, 1.165) is 29.9 Å². The van der Waals surface area contributed by atoms with Crippen molar-refractivity contribution in [3.8, 4) is 11.5 Å². The average molecular weight is 474 g/mol. The summed E-state index contributed by atoms with van der Waals surface area (Å²) in [5.74, 6) is 0.997. The van der Waals surface area contributed by atoms with Gasteiger partial charge in [0.1, 0.15) is 11.5 Å². The number of benzene rings is 3. The lowest BCUT2D eigenvalue weighted by Crippen LogP contribution is -2.49. The molecule has 2 amide bonds. The van der Waals surface area contributed by atoms with Crippen molar-refractivity contribution >= 4 is 23.2 Å². The van der Waals surface area contributed by atoms with E-state index in [1.807, 2.05) is 60.4 Å². The molecule has 7 heteroatoms. The van der Waals surface area contributed by atoms with E-state index in [4.69, 9.17) is 9.47 Å². The number of anilines is 2. The summed E-state index contributed by atoms with van der Waals surface area (Å²) in [5.41, 5.74) is 4.44. The van der Waals surface area contributed by atoms with E-state index in [2.05, 4.69) is 10.2 Å². The monoisotopic (exact) mass is 473 g/mol. The first kappa shape index (κ1) is 24.1. The minimum atomic E-state index is -0.252. The minimum absolute atomic E-state index is 0.172. The number of hydrogen-bond donors (Lipinski definition) is 1. The van der Waals surface area contributed by atoms with Gasteiger partial charge in [-0.25, -0.2) is 0 Å². The second kappa shape index (κ2) is 11.0. The van der Waals surface area contributed by atoms with Gasteiger partial charge >= 0.3 is 0 Å². The standard InChI is InChI=1S/C28H31N3O4/c1-20-6-4-5-7-21(20)18-27(32)31-16-14-30(15-17-31)23-10-8-22(9-11-23)29-28(33)25-13-12-24(34-2)19-26(25)35-3/h4-13,19H,14-18H2,1-3H3,(H,29,33). The smallest absolute Gasteiger partial charge is 0.259 e. The molecular weight excluding hydrogens is 442 g/mol. The Balaban J connectivity index is 1.32. The Labute approximate surface area is 206 Å². The summed E-state index contributed by atoms with van der Waals surface area (Å²) >= 11 is 0. The van der Waals surface area contributed by atoms with E-state index in [9.17, 15) is 9.59 Å². The third-order valence-corrected chi connectivity index (χ3v) is 6.38. The maximum atomic E-state index is 12.8. The molecule has 0 unspecified atom stereocenters. The Morgan fingerprint density at radius 3 is 2.26 bits per heavy atom. The number of nitrogens with zero attached hydrogens (tertiary/aromatic N) is 2. The Morgan fingerprint density at radius 1 is 0.886 bits per heavy atom. The van der Waals surface area contributed by atoms with E-state index in [1.165, 1.54) is 7.11 Å². The molecule has 0 aromatic heterocycles. The largest absolute Gasteiger partial charge is 0.497 e. The van der Waals surface area contributed by atoms with Gasteiger partial charge in [0.15, 0.2) is 0 Å². The number of piperazine rings is 1. The summed E-state index contributed by atoms with van der Waals surface area (Å²) in [4.78, 5) is 29.7. The van der Waals surface area contributed by atoms with Crippen LogP contribution in [0.2, 0.25) is 0 Å². The molecular formula is C28H31N3O4. The van der Waals surface area contributed by atoms with Gasteiger partial charge in [-0.15, -0.1) is 0 Å². The number of rotatable bonds is 7. The first-order chi connectivity index (χ1) is 17.0. The highest BCUT2D eigenvalue weighted by molar-refractivity contribution is 6.06. The van der Waals surface area contributed by atoms with Crippen LogP contribution in [0.25, 0.3) is 0 Å². The van der Waals surface area contributed by atoms with Crippen LogP contribution in [0.4, 0.5) is 11.4 Å². The quantitative estimate of drug-likeness (QED) is 0.558. The summed E-state index contributed by atoms with van der Waals surface area (Å²) in [6.07, 6.45) is 0.444. The second-order valence-electron chi connectivity index (χ2n) is 8.54. The van der Waals surface area contributed by atoms with Crippen LogP contribution in [0.5, 0.6) is 11.5 Å². The van der Waals surface area contributed by atoms with Crippen LogP contribution in [0.3, 0.4) is 0 Å². The van der Waals surface area contributed by atoms with E-state index in [0.29, 0.717) is 42.3 Å². The van der Waals surface area contributed by atoms with Crippen LogP contribution in [-0.2, 0) is 11.2 Å². The zero-order valence-electron chi connectivity index (χ0n) is 20.4. The van der Waals surface area contributed by atoms with Crippen molar-refractivity contribution < 1.29 is 19.1 Å². The fourth-order valence-corrected chi connectivity index (χ4v) is 4.24. The summed E-state index contributed by atoms with van der Waals surface area (Å²) in [6, 6.07) is 20.9. The molecule has 0 bridgehead atoms. The lowest BCUT2D eigenvalue weighted by Gasteiger charge is -2.36. The summed E-state index contributed by atoms with van der Waals surface area (Å²) < 4.78 is 10.5. The predicted molar refractivity (Wildman–Crippen MR) is 138 cm³/mol. The average Bonchev–Trinajstić information content (AvgIpc) is 2.90. The topological polar surface area (TPSA) is 71.1 Å². The summed E-state index contributed by atoms with van der Waals surface area (Å²) in [6.45, 7) is 4.98. The molecule has 1 heterocycles. The van der Waals surface area contributed by atoms with Crippen molar-refractivity contribution in [2.24, 2.45) is 0 Å². The fraction of sp³-hybridized carbons (Fsp3) is 0.286. The molecule has 1 N–H and O–H groups in total. The van der Waals surface area contributed by atoms with Gasteiger partial charge in [-0.3, -0.25) is 9.59 Å². The zero-order chi connectivity index (χ0) is 24.8. The molecule has 7 nitrogen and oxygen atoms in total. The lowest BCUT2D eigenvalue weighted by atomic mass is 10.1. The van der Waals surface area contributed by atoms with Crippen molar-refractivity contribution in [2.75, 3.05) is 50.6 Å².